The summed E-state index contributed by atoms with van der Waals surface area (Å²) in [6, 6.07) is 25.9. The normalized spacial score (nSPS) is 18.1. The SMILES string of the molecule is C[C@](NP(=O)(c1ccccc1)c1ccccc1)(c1ccc(Cl)cc1)C1C=CC(=O)O1. The first-order valence-corrected chi connectivity index (χ1v) is 11.7. The van der Waals surface area contributed by atoms with Gasteiger partial charge < -0.3 is 4.74 Å². The third-order valence-electron chi connectivity index (χ3n) is 5.29. The number of cyclic esters (lactones) is 1. The Labute approximate surface area is 181 Å². The summed E-state index contributed by atoms with van der Waals surface area (Å²) in [5.41, 5.74) is -0.155. The maximum Gasteiger partial charge on any atom is 0.331 e. The summed E-state index contributed by atoms with van der Waals surface area (Å²) in [5, 5.41) is 5.36. The van der Waals surface area contributed by atoms with Crippen LogP contribution in [0.3, 0.4) is 0 Å². The Hall–Kier alpha value is -2.65. The molecule has 3 aromatic carbocycles. The first kappa shape index (κ1) is 20.6. The molecule has 0 aliphatic carbocycles. The van der Waals surface area contributed by atoms with Gasteiger partial charge >= 0.3 is 5.97 Å². The minimum Gasteiger partial charge on any atom is -0.453 e. The first-order valence-electron chi connectivity index (χ1n) is 9.57. The van der Waals surface area contributed by atoms with Gasteiger partial charge in [0.25, 0.3) is 0 Å². The maximum atomic E-state index is 14.6. The van der Waals surface area contributed by atoms with E-state index in [0.29, 0.717) is 15.6 Å². The van der Waals surface area contributed by atoms with Crippen molar-refractivity contribution in [3.63, 3.8) is 0 Å². The van der Waals surface area contributed by atoms with Crippen molar-refractivity contribution in [1.29, 1.82) is 0 Å². The lowest BCUT2D eigenvalue weighted by Gasteiger charge is -2.39. The fourth-order valence-corrected chi connectivity index (χ4v) is 6.43. The fourth-order valence-electron chi connectivity index (χ4n) is 3.65. The Morgan fingerprint density at radius 2 is 1.43 bits per heavy atom. The van der Waals surface area contributed by atoms with Crippen molar-refractivity contribution in [2.45, 2.75) is 18.6 Å². The van der Waals surface area contributed by atoms with Crippen LogP contribution in [0.4, 0.5) is 0 Å². The number of halogens is 1. The molecule has 152 valence electrons. The molecule has 0 radical (unpaired) electrons. The summed E-state index contributed by atoms with van der Waals surface area (Å²) in [4.78, 5) is 11.9. The second-order valence-corrected chi connectivity index (χ2v) is 10.2. The molecular weight excluding hydrogens is 417 g/mol. The van der Waals surface area contributed by atoms with E-state index in [1.807, 2.05) is 79.7 Å². The lowest BCUT2D eigenvalue weighted by molar-refractivity contribution is -0.141. The average molecular weight is 438 g/mol. The summed E-state index contributed by atoms with van der Waals surface area (Å²) in [6.07, 6.45) is 2.47. The van der Waals surface area contributed by atoms with E-state index in [0.717, 1.165) is 5.56 Å². The minimum atomic E-state index is -3.30. The highest BCUT2D eigenvalue weighted by Gasteiger charge is 2.45. The number of ether oxygens (including phenoxy) is 1. The molecule has 4 nitrogen and oxygen atoms in total. The van der Waals surface area contributed by atoms with E-state index in [4.69, 9.17) is 16.3 Å². The van der Waals surface area contributed by atoms with Crippen molar-refractivity contribution in [1.82, 2.24) is 5.09 Å². The van der Waals surface area contributed by atoms with E-state index in [2.05, 4.69) is 5.09 Å². The number of carbonyl (C=O) groups is 1. The van der Waals surface area contributed by atoms with Crippen LogP contribution < -0.4 is 15.7 Å². The van der Waals surface area contributed by atoms with E-state index in [1.54, 1.807) is 18.2 Å². The van der Waals surface area contributed by atoms with Crippen molar-refractivity contribution < 1.29 is 14.1 Å². The van der Waals surface area contributed by atoms with Gasteiger partial charge in [-0.05, 0) is 55.0 Å². The molecule has 0 amide bonds. The second kappa shape index (κ2) is 8.23. The van der Waals surface area contributed by atoms with E-state index in [9.17, 15) is 9.36 Å². The zero-order valence-corrected chi connectivity index (χ0v) is 18.0. The summed E-state index contributed by atoms with van der Waals surface area (Å²) >= 11 is 6.09. The molecule has 1 aliphatic rings. The number of hydrogen-bond donors (Lipinski definition) is 1. The zero-order valence-electron chi connectivity index (χ0n) is 16.4. The highest BCUT2D eigenvalue weighted by molar-refractivity contribution is 7.77. The Bertz CT molecular complexity index is 1070. The van der Waals surface area contributed by atoms with Crippen LogP contribution in [0.2, 0.25) is 5.02 Å². The molecule has 0 spiro atoms. The van der Waals surface area contributed by atoms with Crippen LogP contribution in [0.15, 0.2) is 97.1 Å². The van der Waals surface area contributed by atoms with Crippen molar-refractivity contribution in [2.24, 2.45) is 0 Å². The molecule has 4 rings (SSSR count). The summed E-state index contributed by atoms with van der Waals surface area (Å²) < 4.78 is 20.2. The van der Waals surface area contributed by atoms with Gasteiger partial charge in [-0.25, -0.2) is 9.88 Å². The molecule has 0 saturated carbocycles. The summed E-state index contributed by atoms with van der Waals surface area (Å²) in [5.74, 6) is -0.420. The predicted molar refractivity (Wildman–Crippen MR) is 121 cm³/mol. The van der Waals surface area contributed by atoms with Crippen molar-refractivity contribution in [3.8, 4) is 0 Å². The minimum absolute atomic E-state index is 0.420. The summed E-state index contributed by atoms with van der Waals surface area (Å²) in [6.45, 7) is 1.89. The van der Waals surface area contributed by atoms with E-state index in [-0.39, 0.29) is 0 Å². The number of benzene rings is 3. The molecule has 2 atom stereocenters. The highest BCUT2D eigenvalue weighted by Crippen LogP contribution is 2.46. The van der Waals surface area contributed by atoms with Crippen LogP contribution in [-0.2, 0) is 19.6 Å². The Balaban J connectivity index is 1.87. The van der Waals surface area contributed by atoms with Crippen molar-refractivity contribution >= 4 is 35.5 Å². The molecule has 30 heavy (non-hydrogen) atoms. The molecule has 3 aromatic rings. The topological polar surface area (TPSA) is 55.4 Å². The molecule has 1 heterocycles. The number of esters is 1. The van der Waals surface area contributed by atoms with Gasteiger partial charge in [0.2, 0.25) is 7.29 Å². The quantitative estimate of drug-likeness (QED) is 0.454. The fraction of sp³-hybridized carbons (Fsp3) is 0.125. The molecule has 0 bridgehead atoms. The number of carbonyl (C=O) groups excluding carboxylic acids is 1. The van der Waals surface area contributed by atoms with Crippen LogP contribution in [0.5, 0.6) is 0 Å². The predicted octanol–water partition coefficient (Wildman–Crippen LogP) is 4.56. The molecule has 6 heteroatoms. The number of hydrogen-bond acceptors (Lipinski definition) is 3. The molecule has 0 aromatic heterocycles. The molecular formula is C24H21ClNO3P. The van der Waals surface area contributed by atoms with E-state index in [1.165, 1.54) is 6.08 Å². The third-order valence-corrected chi connectivity index (χ3v) is 8.37. The summed E-state index contributed by atoms with van der Waals surface area (Å²) in [7, 11) is -3.30. The first-order chi connectivity index (χ1) is 14.4. The van der Waals surface area contributed by atoms with Gasteiger partial charge in [0.1, 0.15) is 6.10 Å². The van der Waals surface area contributed by atoms with Gasteiger partial charge in [-0.1, -0.05) is 60.1 Å². The molecule has 0 saturated heterocycles. The molecule has 1 N–H and O–H groups in total. The van der Waals surface area contributed by atoms with Crippen molar-refractivity contribution in [3.05, 3.63) is 108 Å². The Morgan fingerprint density at radius 3 is 1.90 bits per heavy atom. The van der Waals surface area contributed by atoms with Crippen LogP contribution in [0, 0.1) is 0 Å². The van der Waals surface area contributed by atoms with Gasteiger partial charge in [-0.3, -0.25) is 4.57 Å². The van der Waals surface area contributed by atoms with Gasteiger partial charge in [0.15, 0.2) is 0 Å². The van der Waals surface area contributed by atoms with Crippen LogP contribution in [-0.4, -0.2) is 12.1 Å². The lowest BCUT2D eigenvalue weighted by atomic mass is 9.87. The third kappa shape index (κ3) is 3.87. The maximum absolute atomic E-state index is 14.6. The van der Waals surface area contributed by atoms with Crippen LogP contribution >= 0.6 is 18.9 Å². The van der Waals surface area contributed by atoms with Gasteiger partial charge in [0.05, 0.1) is 5.54 Å². The highest BCUT2D eigenvalue weighted by atomic mass is 35.5. The van der Waals surface area contributed by atoms with Gasteiger partial charge in [-0.15, -0.1) is 0 Å². The molecule has 0 fully saturated rings. The lowest BCUT2D eigenvalue weighted by Crippen LogP contribution is -2.50. The standard InChI is InChI=1S/C24H21ClNO3P/c1-24(22-16-17-23(27)29-22,18-12-14-19(25)15-13-18)26-30(28,20-8-4-2-5-9-20)21-10-6-3-7-11-21/h2-17,22H,1H3,(H,26,28)/t22?,24-/m0/s1. The average Bonchev–Trinajstić information content (AvgIpc) is 3.22. The van der Waals surface area contributed by atoms with Crippen LogP contribution in [0.25, 0.3) is 0 Å². The van der Waals surface area contributed by atoms with E-state index >= 15 is 0 Å². The monoisotopic (exact) mass is 437 g/mol. The number of nitrogens with one attached hydrogen (secondary N) is 1. The molecule has 1 unspecified atom stereocenters. The number of rotatable bonds is 6. The smallest absolute Gasteiger partial charge is 0.331 e. The van der Waals surface area contributed by atoms with Gasteiger partial charge in [0, 0.05) is 21.7 Å². The van der Waals surface area contributed by atoms with Crippen molar-refractivity contribution in [2.75, 3.05) is 0 Å². The van der Waals surface area contributed by atoms with Gasteiger partial charge in [-0.2, -0.15) is 0 Å². The zero-order chi connectivity index (χ0) is 21.2. The van der Waals surface area contributed by atoms with E-state index < -0.39 is 24.9 Å². The Kier molecular flexibility index (Phi) is 5.66. The molecule has 1 aliphatic heterocycles. The second-order valence-electron chi connectivity index (χ2n) is 7.32. The Morgan fingerprint density at radius 1 is 0.900 bits per heavy atom. The van der Waals surface area contributed by atoms with Crippen LogP contribution in [0.1, 0.15) is 12.5 Å². The largest absolute Gasteiger partial charge is 0.453 e.